The number of carbonyl (C=O) groups excluding carboxylic acids is 1. The summed E-state index contributed by atoms with van der Waals surface area (Å²) in [5.41, 5.74) is 0.613. The molecule has 0 bridgehead atoms. The number of nitrogens with zero attached hydrogens (tertiary/aromatic N) is 2. The number of carbonyl (C=O) groups is 1. The Morgan fingerprint density at radius 1 is 1.15 bits per heavy atom. The second kappa shape index (κ2) is 4.99. The minimum atomic E-state index is 0.251. The summed E-state index contributed by atoms with van der Waals surface area (Å²) in [6.45, 7) is 3.09. The van der Waals surface area contributed by atoms with Crippen LogP contribution in [-0.2, 0) is 4.79 Å². The minimum Gasteiger partial charge on any atom is -0.344 e. The second-order valence-corrected chi connectivity index (χ2v) is 7.54. The molecule has 3 fully saturated rings. The molecule has 4 heteroatoms. The van der Waals surface area contributed by atoms with Crippen molar-refractivity contribution < 1.29 is 4.79 Å². The van der Waals surface area contributed by atoms with E-state index in [1.165, 1.54) is 32.1 Å². The first-order valence-corrected chi connectivity index (χ1v) is 8.12. The van der Waals surface area contributed by atoms with E-state index in [0.29, 0.717) is 17.2 Å². The summed E-state index contributed by atoms with van der Waals surface area (Å²) in [5, 5.41) is 3.41. The van der Waals surface area contributed by atoms with E-state index in [1.807, 2.05) is 11.9 Å². The molecular formula is C16H29N3O. The molecule has 1 amide bonds. The molecule has 1 spiro atoms. The van der Waals surface area contributed by atoms with Crippen LogP contribution in [0, 0.1) is 11.3 Å². The number of hydrogen-bond acceptors (Lipinski definition) is 3. The third-order valence-electron chi connectivity index (χ3n) is 6.23. The molecule has 2 saturated carbocycles. The predicted molar refractivity (Wildman–Crippen MR) is 80.5 cm³/mol. The van der Waals surface area contributed by atoms with E-state index in [-0.39, 0.29) is 5.54 Å². The van der Waals surface area contributed by atoms with Gasteiger partial charge >= 0.3 is 0 Å². The highest BCUT2D eigenvalue weighted by Gasteiger charge is 2.58. The van der Waals surface area contributed by atoms with E-state index < -0.39 is 0 Å². The van der Waals surface area contributed by atoms with Gasteiger partial charge in [0.05, 0.1) is 0 Å². The Kier molecular flexibility index (Phi) is 3.57. The largest absolute Gasteiger partial charge is 0.344 e. The van der Waals surface area contributed by atoms with Crippen molar-refractivity contribution in [2.24, 2.45) is 11.3 Å². The summed E-state index contributed by atoms with van der Waals surface area (Å²) in [7, 11) is 6.32. The summed E-state index contributed by atoms with van der Waals surface area (Å²) in [4.78, 5) is 17.1. The summed E-state index contributed by atoms with van der Waals surface area (Å²) < 4.78 is 0. The maximum absolute atomic E-state index is 12.7. The van der Waals surface area contributed by atoms with Crippen molar-refractivity contribution in [1.29, 1.82) is 0 Å². The van der Waals surface area contributed by atoms with Gasteiger partial charge in [0.1, 0.15) is 0 Å². The van der Waals surface area contributed by atoms with Crippen molar-refractivity contribution in [2.45, 2.75) is 44.1 Å². The van der Waals surface area contributed by atoms with Crippen LogP contribution in [0.4, 0.5) is 0 Å². The fraction of sp³-hybridized carbons (Fsp3) is 0.938. The predicted octanol–water partition coefficient (Wildman–Crippen LogP) is 1.32. The molecule has 1 atom stereocenters. The number of likely N-dealkylation sites (N-methyl/N-ethyl adjacent to an activating group) is 2. The van der Waals surface area contributed by atoms with E-state index in [2.05, 4.69) is 24.3 Å². The number of hydrogen-bond donors (Lipinski definition) is 1. The Hall–Kier alpha value is -0.610. The molecule has 0 aromatic heterocycles. The van der Waals surface area contributed by atoms with Gasteiger partial charge in [0.15, 0.2) is 0 Å². The normalized spacial score (nSPS) is 30.1. The Balaban J connectivity index is 1.58. The lowest BCUT2D eigenvalue weighted by molar-refractivity contribution is -0.135. The van der Waals surface area contributed by atoms with Crippen molar-refractivity contribution in [3.05, 3.63) is 0 Å². The van der Waals surface area contributed by atoms with E-state index >= 15 is 0 Å². The quantitative estimate of drug-likeness (QED) is 0.843. The molecule has 0 aromatic carbocycles. The zero-order valence-electron chi connectivity index (χ0n) is 13.2. The van der Waals surface area contributed by atoms with Crippen LogP contribution in [0.1, 0.15) is 38.5 Å². The van der Waals surface area contributed by atoms with Crippen LogP contribution in [0.3, 0.4) is 0 Å². The van der Waals surface area contributed by atoms with Gasteiger partial charge in [-0.1, -0.05) is 0 Å². The third-order valence-corrected chi connectivity index (χ3v) is 6.23. The molecule has 4 nitrogen and oxygen atoms in total. The Bertz CT molecular complexity index is 383. The molecule has 1 aliphatic heterocycles. The molecule has 1 saturated heterocycles. The zero-order chi connectivity index (χ0) is 14.4. The molecule has 1 N–H and O–H groups in total. The van der Waals surface area contributed by atoms with Crippen LogP contribution in [-0.4, -0.2) is 62.0 Å². The van der Waals surface area contributed by atoms with Crippen LogP contribution >= 0.6 is 0 Å². The van der Waals surface area contributed by atoms with Crippen LogP contribution in [0.2, 0.25) is 0 Å². The van der Waals surface area contributed by atoms with Crippen molar-refractivity contribution in [3.63, 3.8) is 0 Å². The third kappa shape index (κ3) is 2.27. The first-order valence-electron chi connectivity index (χ1n) is 8.12. The molecular weight excluding hydrogens is 250 g/mol. The summed E-state index contributed by atoms with van der Waals surface area (Å²) >= 11 is 0. The number of nitrogens with one attached hydrogen (secondary N) is 1. The summed E-state index contributed by atoms with van der Waals surface area (Å²) in [5.74, 6) is 0.717. The van der Waals surface area contributed by atoms with E-state index in [0.717, 1.165) is 26.1 Å². The van der Waals surface area contributed by atoms with E-state index in [4.69, 9.17) is 0 Å². The molecule has 1 heterocycles. The van der Waals surface area contributed by atoms with Crippen LogP contribution < -0.4 is 5.32 Å². The van der Waals surface area contributed by atoms with Crippen LogP contribution in [0.15, 0.2) is 0 Å². The molecule has 0 aromatic rings. The zero-order valence-corrected chi connectivity index (χ0v) is 13.2. The number of rotatable bonds is 4. The van der Waals surface area contributed by atoms with Crippen molar-refractivity contribution in [2.75, 3.05) is 40.8 Å². The molecule has 2 aliphatic carbocycles. The maximum atomic E-state index is 12.7. The van der Waals surface area contributed by atoms with Gasteiger partial charge in [-0.2, -0.15) is 0 Å². The average molecular weight is 279 g/mol. The Morgan fingerprint density at radius 3 is 2.30 bits per heavy atom. The molecule has 3 rings (SSSR count). The Morgan fingerprint density at radius 2 is 1.80 bits per heavy atom. The van der Waals surface area contributed by atoms with Gasteiger partial charge in [0, 0.05) is 25.0 Å². The lowest BCUT2D eigenvalue weighted by Gasteiger charge is -2.49. The SMILES string of the molecule is CN(CC1(N(C)C)CCC1)C(=O)C1CC12CCNCC2. The molecule has 3 aliphatic rings. The Labute approximate surface area is 122 Å². The fourth-order valence-corrected chi connectivity index (χ4v) is 4.29. The van der Waals surface area contributed by atoms with E-state index in [9.17, 15) is 4.79 Å². The van der Waals surface area contributed by atoms with Gasteiger partial charge in [-0.3, -0.25) is 4.79 Å². The van der Waals surface area contributed by atoms with Gasteiger partial charge in [-0.25, -0.2) is 0 Å². The monoisotopic (exact) mass is 279 g/mol. The lowest BCUT2D eigenvalue weighted by Crippen LogP contribution is -2.57. The van der Waals surface area contributed by atoms with E-state index in [1.54, 1.807) is 0 Å². The van der Waals surface area contributed by atoms with Gasteiger partial charge in [0.25, 0.3) is 0 Å². The van der Waals surface area contributed by atoms with Crippen LogP contribution in [0.25, 0.3) is 0 Å². The molecule has 0 radical (unpaired) electrons. The van der Waals surface area contributed by atoms with Gasteiger partial charge in [-0.15, -0.1) is 0 Å². The lowest BCUT2D eigenvalue weighted by atomic mass is 9.75. The standard InChI is InChI=1S/C16H29N3O/c1-18(2)16(5-4-6-16)12-19(3)14(20)13-11-15(13)7-9-17-10-8-15/h13,17H,4-12H2,1-3H3. The van der Waals surface area contributed by atoms with Gasteiger partial charge < -0.3 is 15.1 Å². The van der Waals surface area contributed by atoms with Crippen molar-refractivity contribution >= 4 is 5.91 Å². The first kappa shape index (κ1) is 14.3. The number of amides is 1. The molecule has 114 valence electrons. The summed E-state index contributed by atoms with van der Waals surface area (Å²) in [6, 6.07) is 0. The van der Waals surface area contributed by atoms with Crippen molar-refractivity contribution in [1.82, 2.24) is 15.1 Å². The van der Waals surface area contributed by atoms with Crippen molar-refractivity contribution in [3.8, 4) is 0 Å². The average Bonchev–Trinajstić information content (AvgIpc) is 3.06. The van der Waals surface area contributed by atoms with Gasteiger partial charge in [0.2, 0.25) is 5.91 Å². The molecule has 1 unspecified atom stereocenters. The molecule has 20 heavy (non-hydrogen) atoms. The smallest absolute Gasteiger partial charge is 0.226 e. The second-order valence-electron chi connectivity index (χ2n) is 7.54. The maximum Gasteiger partial charge on any atom is 0.226 e. The fourth-order valence-electron chi connectivity index (χ4n) is 4.29. The highest BCUT2D eigenvalue weighted by molar-refractivity contribution is 5.82. The minimum absolute atomic E-state index is 0.251. The highest BCUT2D eigenvalue weighted by Crippen LogP contribution is 2.59. The highest BCUT2D eigenvalue weighted by atomic mass is 16.2. The number of piperidine rings is 1. The topological polar surface area (TPSA) is 35.6 Å². The van der Waals surface area contributed by atoms with Crippen LogP contribution in [0.5, 0.6) is 0 Å². The summed E-state index contributed by atoms with van der Waals surface area (Å²) in [6.07, 6.45) is 7.28. The van der Waals surface area contributed by atoms with Gasteiger partial charge in [-0.05, 0) is 71.1 Å². The first-order chi connectivity index (χ1) is 9.49.